The van der Waals surface area contributed by atoms with Gasteiger partial charge in [-0.15, -0.1) is 0 Å². The van der Waals surface area contributed by atoms with E-state index in [9.17, 15) is 4.21 Å². The second-order valence-corrected chi connectivity index (χ2v) is 6.14. The summed E-state index contributed by atoms with van der Waals surface area (Å²) in [7, 11) is -0.865. The Morgan fingerprint density at radius 1 is 1.00 bits per heavy atom. The van der Waals surface area contributed by atoms with Gasteiger partial charge in [0.1, 0.15) is 5.75 Å². The van der Waals surface area contributed by atoms with Crippen LogP contribution in [0.1, 0.15) is 18.1 Å². The molecule has 2 rings (SSSR count). The number of ether oxygens (including phenoxy) is 1. The maximum Gasteiger partial charge on any atom is 0.123 e. The van der Waals surface area contributed by atoms with E-state index in [1.165, 1.54) is 5.56 Å². The van der Waals surface area contributed by atoms with Gasteiger partial charge in [0.15, 0.2) is 0 Å². The highest BCUT2D eigenvalue weighted by molar-refractivity contribution is 7.84. The van der Waals surface area contributed by atoms with E-state index in [4.69, 9.17) is 4.74 Å². The van der Waals surface area contributed by atoms with Crippen molar-refractivity contribution in [2.24, 2.45) is 0 Å². The van der Waals surface area contributed by atoms with Gasteiger partial charge in [-0.05, 0) is 25.0 Å². The van der Waals surface area contributed by atoms with Crippen LogP contribution in [0, 0.1) is 0 Å². The summed E-state index contributed by atoms with van der Waals surface area (Å²) in [6, 6.07) is 18.0. The molecule has 0 N–H and O–H groups in total. The quantitative estimate of drug-likeness (QED) is 0.778. The van der Waals surface area contributed by atoms with Crippen LogP contribution in [0.3, 0.4) is 0 Å². The second-order valence-electron chi connectivity index (χ2n) is 4.56. The molecule has 0 bridgehead atoms. The summed E-state index contributed by atoms with van der Waals surface area (Å²) in [5.74, 6) is 2.09. The van der Waals surface area contributed by atoms with Gasteiger partial charge in [-0.2, -0.15) is 0 Å². The number of hydrogen-bond donors (Lipinski definition) is 0. The fourth-order valence-electron chi connectivity index (χ4n) is 2.04. The van der Waals surface area contributed by atoms with Crippen LogP contribution in [0.2, 0.25) is 0 Å². The van der Waals surface area contributed by atoms with Crippen molar-refractivity contribution in [1.82, 2.24) is 0 Å². The molecule has 0 saturated carbocycles. The lowest BCUT2D eigenvalue weighted by Crippen LogP contribution is -2.05. The molecule has 2 aromatic rings. The third kappa shape index (κ3) is 4.49. The Kier molecular flexibility index (Phi) is 5.81. The molecule has 1 atom stereocenters. The first kappa shape index (κ1) is 14.8. The van der Waals surface area contributed by atoms with Crippen LogP contribution >= 0.6 is 0 Å². The van der Waals surface area contributed by atoms with Crippen molar-refractivity contribution in [1.29, 1.82) is 0 Å². The van der Waals surface area contributed by atoms with Crippen molar-refractivity contribution in [3.05, 3.63) is 65.7 Å². The smallest absolute Gasteiger partial charge is 0.123 e. The zero-order valence-electron chi connectivity index (χ0n) is 11.7. The normalized spacial score (nSPS) is 12.1. The zero-order chi connectivity index (χ0) is 14.2. The summed E-state index contributed by atoms with van der Waals surface area (Å²) in [4.78, 5) is 0. The van der Waals surface area contributed by atoms with E-state index in [1.807, 2.05) is 49.4 Å². The summed E-state index contributed by atoms with van der Waals surface area (Å²) in [5.41, 5.74) is 2.26. The minimum absolute atomic E-state index is 0.559. The molecule has 0 spiro atoms. The third-order valence-corrected chi connectivity index (χ3v) is 4.34. The molecule has 0 aliphatic heterocycles. The van der Waals surface area contributed by atoms with E-state index in [2.05, 4.69) is 12.1 Å². The van der Waals surface area contributed by atoms with Crippen molar-refractivity contribution in [2.45, 2.75) is 19.1 Å². The van der Waals surface area contributed by atoms with E-state index in [1.54, 1.807) is 0 Å². The number of hydrogen-bond acceptors (Lipinski definition) is 2. The van der Waals surface area contributed by atoms with E-state index in [0.29, 0.717) is 18.1 Å². The molecule has 2 aromatic carbocycles. The van der Waals surface area contributed by atoms with Gasteiger partial charge in [-0.1, -0.05) is 48.5 Å². The van der Waals surface area contributed by atoms with Gasteiger partial charge < -0.3 is 4.74 Å². The van der Waals surface area contributed by atoms with Crippen LogP contribution in [0.25, 0.3) is 0 Å². The molecule has 0 fully saturated rings. The average Bonchev–Trinajstić information content (AvgIpc) is 2.49. The number of aryl methyl sites for hydroxylation is 1. The van der Waals surface area contributed by atoms with Gasteiger partial charge in [0.25, 0.3) is 0 Å². The lowest BCUT2D eigenvalue weighted by molar-refractivity contribution is 0.337. The minimum atomic E-state index is -0.865. The van der Waals surface area contributed by atoms with Crippen LogP contribution in [0.5, 0.6) is 5.75 Å². The molecule has 20 heavy (non-hydrogen) atoms. The minimum Gasteiger partial charge on any atom is -0.494 e. The Balaban J connectivity index is 1.91. The summed E-state index contributed by atoms with van der Waals surface area (Å²) < 4.78 is 17.8. The molecule has 3 heteroatoms. The Bertz CT molecular complexity index is 552. The maximum absolute atomic E-state index is 12.2. The Hall–Kier alpha value is -1.61. The van der Waals surface area contributed by atoms with Crippen molar-refractivity contribution < 1.29 is 8.95 Å². The SMILES string of the molecule is CCOc1ccccc1CS(=O)CCc1ccccc1. The molecule has 0 aliphatic rings. The maximum atomic E-state index is 12.2. The zero-order valence-corrected chi connectivity index (χ0v) is 12.6. The molecule has 2 nitrogen and oxygen atoms in total. The molecule has 0 aromatic heterocycles. The van der Waals surface area contributed by atoms with Crippen LogP contribution in [0.4, 0.5) is 0 Å². The molecule has 0 aliphatic carbocycles. The first-order valence-corrected chi connectivity index (χ1v) is 8.38. The van der Waals surface area contributed by atoms with Crippen molar-refractivity contribution in [3.8, 4) is 5.75 Å². The molecule has 1 unspecified atom stereocenters. The fraction of sp³-hybridized carbons (Fsp3) is 0.294. The second kappa shape index (κ2) is 7.85. The molecule has 0 heterocycles. The summed E-state index contributed by atoms with van der Waals surface area (Å²) in [5, 5.41) is 0. The summed E-state index contributed by atoms with van der Waals surface area (Å²) in [6.07, 6.45) is 0.851. The van der Waals surface area contributed by atoms with Crippen LogP contribution < -0.4 is 4.74 Å². The Morgan fingerprint density at radius 2 is 1.70 bits per heavy atom. The van der Waals surface area contributed by atoms with Gasteiger partial charge >= 0.3 is 0 Å². The van der Waals surface area contributed by atoms with Crippen molar-refractivity contribution in [3.63, 3.8) is 0 Å². The van der Waals surface area contributed by atoms with Crippen LogP contribution in [0.15, 0.2) is 54.6 Å². The molecule has 0 saturated heterocycles. The molecule has 0 amide bonds. The monoisotopic (exact) mass is 288 g/mol. The number of para-hydroxylation sites is 1. The van der Waals surface area contributed by atoms with E-state index in [0.717, 1.165) is 17.7 Å². The fourth-order valence-corrected chi connectivity index (χ4v) is 3.23. The molecular weight excluding hydrogens is 268 g/mol. The van der Waals surface area contributed by atoms with E-state index >= 15 is 0 Å². The van der Waals surface area contributed by atoms with E-state index < -0.39 is 10.8 Å². The third-order valence-electron chi connectivity index (χ3n) is 3.05. The number of rotatable bonds is 7. The lowest BCUT2D eigenvalue weighted by atomic mass is 10.2. The summed E-state index contributed by atoms with van der Waals surface area (Å²) >= 11 is 0. The van der Waals surface area contributed by atoms with Gasteiger partial charge in [0.2, 0.25) is 0 Å². The van der Waals surface area contributed by atoms with Crippen molar-refractivity contribution >= 4 is 10.8 Å². The Morgan fingerprint density at radius 3 is 2.45 bits per heavy atom. The van der Waals surface area contributed by atoms with Crippen LogP contribution in [-0.2, 0) is 23.0 Å². The van der Waals surface area contributed by atoms with Gasteiger partial charge in [-0.25, -0.2) is 0 Å². The highest BCUT2D eigenvalue weighted by Crippen LogP contribution is 2.19. The molecule has 0 radical (unpaired) electrons. The standard InChI is InChI=1S/C17H20O2S/c1-2-19-17-11-7-6-10-16(17)14-20(18)13-12-15-8-4-3-5-9-15/h3-11H,2,12-14H2,1H3. The molecular formula is C17H20O2S. The first-order chi connectivity index (χ1) is 9.79. The van der Waals surface area contributed by atoms with E-state index in [-0.39, 0.29) is 0 Å². The topological polar surface area (TPSA) is 26.3 Å². The number of benzene rings is 2. The largest absolute Gasteiger partial charge is 0.494 e. The van der Waals surface area contributed by atoms with Gasteiger partial charge in [0, 0.05) is 22.1 Å². The highest BCUT2D eigenvalue weighted by Gasteiger charge is 2.07. The van der Waals surface area contributed by atoms with Crippen molar-refractivity contribution in [2.75, 3.05) is 12.4 Å². The van der Waals surface area contributed by atoms with Gasteiger partial charge in [0.05, 0.1) is 12.4 Å². The lowest BCUT2D eigenvalue weighted by Gasteiger charge is -2.09. The first-order valence-electron chi connectivity index (χ1n) is 6.89. The van der Waals surface area contributed by atoms with Crippen LogP contribution in [-0.4, -0.2) is 16.6 Å². The predicted octanol–water partition coefficient (Wildman–Crippen LogP) is 3.58. The molecule has 106 valence electrons. The predicted molar refractivity (Wildman–Crippen MR) is 84.5 cm³/mol. The summed E-state index contributed by atoms with van der Waals surface area (Å²) in [6.45, 7) is 2.59. The average molecular weight is 288 g/mol. The highest BCUT2D eigenvalue weighted by atomic mass is 32.2. The van der Waals surface area contributed by atoms with Gasteiger partial charge in [-0.3, -0.25) is 4.21 Å². The Labute approximate surface area is 123 Å².